The molecular formula is C22H35N3O4. The first-order valence-electron chi connectivity index (χ1n) is 10.5. The van der Waals surface area contributed by atoms with Crippen LogP contribution in [0.2, 0.25) is 0 Å². The number of hydrogen-bond donors (Lipinski definition) is 1. The fourth-order valence-electron chi connectivity index (χ4n) is 4.12. The minimum Gasteiger partial charge on any atom is -0.444 e. The van der Waals surface area contributed by atoms with Crippen LogP contribution in [0.4, 0.5) is 16.2 Å². The summed E-state index contributed by atoms with van der Waals surface area (Å²) >= 11 is 0. The molecule has 0 bridgehead atoms. The first kappa shape index (κ1) is 21.7. The third kappa shape index (κ3) is 5.34. The second kappa shape index (κ2) is 8.79. The predicted octanol–water partition coefficient (Wildman–Crippen LogP) is 2.85. The van der Waals surface area contributed by atoms with E-state index in [0.29, 0.717) is 26.2 Å². The lowest BCUT2D eigenvalue weighted by atomic mass is 10.1. The Hall–Kier alpha value is -1.99. The van der Waals surface area contributed by atoms with Gasteiger partial charge >= 0.3 is 6.09 Å². The zero-order valence-corrected chi connectivity index (χ0v) is 18.4. The van der Waals surface area contributed by atoms with E-state index in [2.05, 4.69) is 34.9 Å². The van der Waals surface area contributed by atoms with Crippen LogP contribution in [0.3, 0.4) is 0 Å². The number of carbonyl (C=O) groups is 1. The van der Waals surface area contributed by atoms with Crippen molar-refractivity contribution >= 4 is 17.5 Å². The molecule has 0 unspecified atom stereocenters. The molecule has 2 aliphatic rings. The van der Waals surface area contributed by atoms with Crippen LogP contribution in [0.1, 0.15) is 39.7 Å². The summed E-state index contributed by atoms with van der Waals surface area (Å²) in [7, 11) is 1.71. The molecule has 29 heavy (non-hydrogen) atoms. The van der Waals surface area contributed by atoms with Crippen LogP contribution < -0.4 is 9.80 Å². The number of nitrogens with zero attached hydrogens (tertiary/aromatic N) is 3. The zero-order chi connectivity index (χ0) is 21.2. The highest BCUT2D eigenvalue weighted by atomic mass is 16.6. The number of methoxy groups -OCH3 is 1. The van der Waals surface area contributed by atoms with E-state index in [9.17, 15) is 9.90 Å². The highest BCUT2D eigenvalue weighted by Gasteiger charge is 2.30. The van der Waals surface area contributed by atoms with Gasteiger partial charge in [0.25, 0.3) is 0 Å². The van der Waals surface area contributed by atoms with Gasteiger partial charge in [0.15, 0.2) is 0 Å². The lowest BCUT2D eigenvalue weighted by Crippen LogP contribution is -2.54. The number of β-amino-alcohol motifs (C(OH)–C–C–N with tert-alkyl or cyclic N) is 1. The SMILES string of the molecule is COCc1cc(N2CCN(C(=O)OC(C)(C)C)C[C@@H]2C)ccc1N1CC[C@H](O)C1. The van der Waals surface area contributed by atoms with Gasteiger partial charge in [-0.25, -0.2) is 4.79 Å². The van der Waals surface area contributed by atoms with E-state index in [1.807, 2.05) is 20.8 Å². The average molecular weight is 406 g/mol. The Kier molecular flexibility index (Phi) is 6.58. The molecule has 162 valence electrons. The maximum atomic E-state index is 12.4. The summed E-state index contributed by atoms with van der Waals surface area (Å²) in [6.45, 7) is 11.9. The second-order valence-electron chi connectivity index (χ2n) is 9.10. The largest absolute Gasteiger partial charge is 0.444 e. The highest BCUT2D eigenvalue weighted by molar-refractivity contribution is 5.69. The van der Waals surface area contributed by atoms with Crippen molar-refractivity contribution in [3.8, 4) is 0 Å². The standard InChI is InChI=1S/C22H35N3O4/c1-16-13-24(21(27)29-22(2,3)4)10-11-25(16)18-6-7-20(17(12-18)15-28-5)23-9-8-19(26)14-23/h6-7,12,16,19,26H,8-11,13-15H2,1-5H3/t16-,19-/m0/s1. The van der Waals surface area contributed by atoms with Crippen molar-refractivity contribution in [2.75, 3.05) is 49.6 Å². The van der Waals surface area contributed by atoms with Gasteiger partial charge < -0.3 is 29.3 Å². The Balaban J connectivity index is 1.72. The van der Waals surface area contributed by atoms with Crippen molar-refractivity contribution < 1.29 is 19.4 Å². The van der Waals surface area contributed by atoms with Gasteiger partial charge in [-0.15, -0.1) is 0 Å². The summed E-state index contributed by atoms with van der Waals surface area (Å²) in [6.07, 6.45) is 0.302. The number of aliphatic hydroxyl groups excluding tert-OH is 1. The van der Waals surface area contributed by atoms with E-state index >= 15 is 0 Å². The van der Waals surface area contributed by atoms with E-state index < -0.39 is 5.60 Å². The van der Waals surface area contributed by atoms with Crippen LogP contribution in [0.5, 0.6) is 0 Å². The number of amides is 1. The fourth-order valence-corrected chi connectivity index (χ4v) is 4.12. The molecule has 2 aliphatic heterocycles. The lowest BCUT2D eigenvalue weighted by molar-refractivity contribution is 0.0219. The normalized spacial score (nSPS) is 22.9. The maximum Gasteiger partial charge on any atom is 0.410 e. The molecule has 0 aromatic heterocycles. The average Bonchev–Trinajstić information content (AvgIpc) is 3.06. The van der Waals surface area contributed by atoms with Crippen LogP contribution in [-0.2, 0) is 16.1 Å². The van der Waals surface area contributed by atoms with Gasteiger partial charge in [-0.2, -0.15) is 0 Å². The Morgan fingerprint density at radius 3 is 2.55 bits per heavy atom. The molecular weight excluding hydrogens is 370 g/mol. The highest BCUT2D eigenvalue weighted by Crippen LogP contribution is 2.31. The van der Waals surface area contributed by atoms with Crippen LogP contribution >= 0.6 is 0 Å². The van der Waals surface area contributed by atoms with E-state index in [0.717, 1.165) is 36.4 Å². The number of carbonyl (C=O) groups excluding carboxylic acids is 1. The van der Waals surface area contributed by atoms with Gasteiger partial charge in [0.2, 0.25) is 0 Å². The molecule has 0 spiro atoms. The molecule has 2 fully saturated rings. The monoisotopic (exact) mass is 405 g/mol. The molecule has 2 heterocycles. The van der Waals surface area contributed by atoms with Crippen molar-refractivity contribution in [1.82, 2.24) is 4.90 Å². The summed E-state index contributed by atoms with van der Waals surface area (Å²) in [5, 5.41) is 9.89. The van der Waals surface area contributed by atoms with E-state index in [4.69, 9.17) is 9.47 Å². The van der Waals surface area contributed by atoms with Crippen molar-refractivity contribution in [2.24, 2.45) is 0 Å². The topological polar surface area (TPSA) is 65.5 Å². The summed E-state index contributed by atoms with van der Waals surface area (Å²) in [4.78, 5) is 18.8. The van der Waals surface area contributed by atoms with Crippen molar-refractivity contribution in [1.29, 1.82) is 0 Å². The van der Waals surface area contributed by atoms with Crippen LogP contribution in [0.15, 0.2) is 18.2 Å². The number of piperazine rings is 1. The third-order valence-electron chi connectivity index (χ3n) is 5.48. The van der Waals surface area contributed by atoms with Crippen LogP contribution in [0, 0.1) is 0 Å². The van der Waals surface area contributed by atoms with Crippen molar-refractivity contribution in [3.63, 3.8) is 0 Å². The van der Waals surface area contributed by atoms with Gasteiger partial charge in [-0.3, -0.25) is 0 Å². The number of rotatable bonds is 4. The molecule has 7 heteroatoms. The number of hydrogen-bond acceptors (Lipinski definition) is 6. The number of aliphatic hydroxyl groups is 1. The third-order valence-corrected chi connectivity index (χ3v) is 5.48. The molecule has 7 nitrogen and oxygen atoms in total. The minimum atomic E-state index is -0.481. The van der Waals surface area contributed by atoms with E-state index in [1.54, 1.807) is 12.0 Å². The predicted molar refractivity (Wildman–Crippen MR) is 115 cm³/mol. The van der Waals surface area contributed by atoms with Crippen LogP contribution in [0.25, 0.3) is 0 Å². The summed E-state index contributed by atoms with van der Waals surface area (Å²) < 4.78 is 11.0. The van der Waals surface area contributed by atoms with Gasteiger partial charge in [0, 0.05) is 62.8 Å². The first-order chi connectivity index (χ1) is 13.7. The fraction of sp³-hybridized carbons (Fsp3) is 0.682. The van der Waals surface area contributed by atoms with Gasteiger partial charge in [-0.05, 0) is 52.3 Å². The number of benzene rings is 1. The van der Waals surface area contributed by atoms with Crippen molar-refractivity contribution in [2.45, 2.75) is 58.5 Å². The second-order valence-corrected chi connectivity index (χ2v) is 9.10. The lowest BCUT2D eigenvalue weighted by Gasteiger charge is -2.41. The van der Waals surface area contributed by atoms with E-state index in [1.165, 1.54) is 0 Å². The summed E-state index contributed by atoms with van der Waals surface area (Å²) in [5.41, 5.74) is 2.91. The molecule has 1 amide bonds. The van der Waals surface area contributed by atoms with E-state index in [-0.39, 0.29) is 18.2 Å². The molecule has 3 rings (SSSR count). The maximum absolute atomic E-state index is 12.4. The van der Waals surface area contributed by atoms with Gasteiger partial charge in [0.05, 0.1) is 12.7 Å². The van der Waals surface area contributed by atoms with Crippen LogP contribution in [-0.4, -0.2) is 73.7 Å². The Morgan fingerprint density at radius 1 is 1.21 bits per heavy atom. The smallest absolute Gasteiger partial charge is 0.410 e. The Labute approximate surface area is 174 Å². The molecule has 0 saturated carbocycles. The summed E-state index contributed by atoms with van der Waals surface area (Å²) in [5.74, 6) is 0. The summed E-state index contributed by atoms with van der Waals surface area (Å²) in [6, 6.07) is 6.64. The molecule has 2 saturated heterocycles. The molecule has 2 atom stereocenters. The zero-order valence-electron chi connectivity index (χ0n) is 18.4. The molecule has 1 aromatic rings. The molecule has 1 N–H and O–H groups in total. The van der Waals surface area contributed by atoms with Crippen molar-refractivity contribution in [3.05, 3.63) is 23.8 Å². The number of ether oxygens (including phenoxy) is 2. The Morgan fingerprint density at radius 2 is 1.97 bits per heavy atom. The van der Waals surface area contributed by atoms with Gasteiger partial charge in [-0.1, -0.05) is 0 Å². The number of anilines is 2. The quantitative estimate of drug-likeness (QED) is 0.831. The minimum absolute atomic E-state index is 0.186. The molecule has 0 aliphatic carbocycles. The molecule has 1 aromatic carbocycles. The molecule has 0 radical (unpaired) electrons. The van der Waals surface area contributed by atoms with Gasteiger partial charge in [0.1, 0.15) is 5.60 Å². The first-order valence-corrected chi connectivity index (χ1v) is 10.5. The Bertz CT molecular complexity index is 718.